The Labute approximate surface area is 120 Å². The van der Waals surface area contributed by atoms with Crippen LogP contribution in [0.4, 0.5) is 4.79 Å². The van der Waals surface area contributed by atoms with Crippen molar-refractivity contribution in [3.63, 3.8) is 0 Å². The second-order valence-electron chi connectivity index (χ2n) is 3.80. The molecule has 1 rings (SSSR count). The highest BCUT2D eigenvalue weighted by atomic mass is 32.2. The average Bonchev–Trinajstić information content (AvgIpc) is 2.87. The Balaban J connectivity index is 2.25. The number of hydrogen-bond donors (Lipinski definition) is 3. The van der Waals surface area contributed by atoms with Gasteiger partial charge in [-0.05, 0) is 18.4 Å². The summed E-state index contributed by atoms with van der Waals surface area (Å²) in [5.74, 6) is -0.320. The van der Waals surface area contributed by atoms with Gasteiger partial charge in [0, 0.05) is 18.3 Å². The minimum atomic E-state index is -1.01. The van der Waals surface area contributed by atoms with Crippen molar-refractivity contribution in [2.24, 2.45) is 0 Å². The molecule has 0 aliphatic rings. The number of carboxylic acid groups (broad SMARTS) is 1. The third-order valence-corrected chi connectivity index (χ3v) is 3.64. The van der Waals surface area contributed by atoms with Gasteiger partial charge < -0.3 is 15.7 Å². The fourth-order valence-corrected chi connectivity index (χ4v) is 2.43. The van der Waals surface area contributed by atoms with Crippen molar-refractivity contribution >= 4 is 35.1 Å². The average molecular weight is 303 g/mol. The number of aromatic nitrogens is 1. The van der Waals surface area contributed by atoms with Gasteiger partial charge in [-0.15, -0.1) is 11.3 Å². The molecule has 1 atom stereocenters. The summed E-state index contributed by atoms with van der Waals surface area (Å²) in [6.45, 7) is 0.435. The lowest BCUT2D eigenvalue weighted by Crippen LogP contribution is -2.46. The Morgan fingerprint density at radius 1 is 1.58 bits per heavy atom. The molecule has 0 fully saturated rings. The Hall–Kier alpha value is -1.28. The van der Waals surface area contributed by atoms with Gasteiger partial charge in [0.2, 0.25) is 0 Å². The number of amides is 2. The van der Waals surface area contributed by atoms with E-state index in [0.717, 1.165) is 5.69 Å². The molecule has 0 bridgehead atoms. The number of carboxylic acids is 1. The van der Waals surface area contributed by atoms with Crippen LogP contribution in [0.25, 0.3) is 0 Å². The van der Waals surface area contributed by atoms with Crippen LogP contribution >= 0.6 is 23.1 Å². The van der Waals surface area contributed by atoms with Gasteiger partial charge in [-0.2, -0.15) is 11.8 Å². The standard InChI is InChI=1S/C11H17N3O3S2/c1-18-5-3-9(10(15)16)14-11(17)12-4-2-8-6-19-7-13-8/h6-7,9H,2-5H2,1H3,(H,15,16)(H2,12,14,17)/t9-/m0/s1. The van der Waals surface area contributed by atoms with E-state index in [1.165, 1.54) is 11.3 Å². The summed E-state index contributed by atoms with van der Waals surface area (Å²) in [5.41, 5.74) is 2.65. The van der Waals surface area contributed by atoms with Crippen molar-refractivity contribution in [2.75, 3.05) is 18.6 Å². The highest BCUT2D eigenvalue weighted by Gasteiger charge is 2.18. The van der Waals surface area contributed by atoms with Crippen molar-refractivity contribution in [1.82, 2.24) is 15.6 Å². The third kappa shape index (κ3) is 6.44. The first kappa shape index (κ1) is 15.8. The lowest BCUT2D eigenvalue weighted by atomic mass is 10.2. The van der Waals surface area contributed by atoms with Crippen LogP contribution in [0.2, 0.25) is 0 Å². The maximum Gasteiger partial charge on any atom is 0.326 e. The van der Waals surface area contributed by atoms with Crippen LogP contribution in [-0.2, 0) is 11.2 Å². The Kier molecular flexibility index (Phi) is 7.27. The van der Waals surface area contributed by atoms with Gasteiger partial charge in [-0.25, -0.2) is 14.6 Å². The summed E-state index contributed by atoms with van der Waals surface area (Å²) >= 11 is 3.05. The Bertz CT molecular complexity index is 398. The quantitative estimate of drug-likeness (QED) is 0.671. The molecule has 0 aromatic carbocycles. The predicted octanol–water partition coefficient (Wildman–Crippen LogP) is 1.19. The Morgan fingerprint density at radius 2 is 2.37 bits per heavy atom. The molecule has 0 saturated carbocycles. The number of hydrogen-bond acceptors (Lipinski definition) is 5. The Morgan fingerprint density at radius 3 is 2.95 bits per heavy atom. The van der Waals surface area contributed by atoms with Crippen LogP contribution in [-0.4, -0.2) is 46.7 Å². The molecule has 0 spiro atoms. The smallest absolute Gasteiger partial charge is 0.326 e. The number of aliphatic carboxylic acids is 1. The summed E-state index contributed by atoms with van der Waals surface area (Å²) in [4.78, 5) is 26.6. The van der Waals surface area contributed by atoms with E-state index in [1.54, 1.807) is 17.3 Å². The van der Waals surface area contributed by atoms with Gasteiger partial charge >= 0.3 is 12.0 Å². The van der Waals surface area contributed by atoms with Crippen LogP contribution in [0.5, 0.6) is 0 Å². The van der Waals surface area contributed by atoms with Gasteiger partial charge in [0.1, 0.15) is 6.04 Å². The highest BCUT2D eigenvalue weighted by Crippen LogP contribution is 2.02. The fourth-order valence-electron chi connectivity index (χ4n) is 1.37. The number of nitrogens with one attached hydrogen (secondary N) is 2. The first-order valence-electron chi connectivity index (χ1n) is 5.76. The molecule has 3 N–H and O–H groups in total. The third-order valence-electron chi connectivity index (χ3n) is 2.36. The molecule has 6 nitrogen and oxygen atoms in total. The molecule has 2 amide bonds. The molecular formula is C11H17N3O3S2. The van der Waals surface area contributed by atoms with Gasteiger partial charge in [0.15, 0.2) is 0 Å². The van der Waals surface area contributed by atoms with Crippen molar-refractivity contribution in [3.8, 4) is 0 Å². The molecule has 0 radical (unpaired) electrons. The minimum absolute atomic E-state index is 0.413. The fraction of sp³-hybridized carbons (Fsp3) is 0.545. The molecule has 0 aliphatic heterocycles. The van der Waals surface area contributed by atoms with Crippen LogP contribution in [0, 0.1) is 0 Å². The summed E-state index contributed by atoms with van der Waals surface area (Å²) in [6.07, 6.45) is 2.95. The zero-order valence-electron chi connectivity index (χ0n) is 10.6. The maximum atomic E-state index is 11.5. The summed E-state index contributed by atoms with van der Waals surface area (Å²) in [6, 6.07) is -1.30. The highest BCUT2D eigenvalue weighted by molar-refractivity contribution is 7.98. The molecule has 0 aliphatic carbocycles. The first-order valence-corrected chi connectivity index (χ1v) is 8.10. The molecule has 19 heavy (non-hydrogen) atoms. The van der Waals surface area contributed by atoms with E-state index in [4.69, 9.17) is 5.11 Å². The van der Waals surface area contributed by atoms with E-state index in [2.05, 4.69) is 15.6 Å². The second kappa shape index (κ2) is 8.76. The zero-order valence-corrected chi connectivity index (χ0v) is 12.2. The summed E-state index contributed by atoms with van der Waals surface area (Å²) in [7, 11) is 0. The van der Waals surface area contributed by atoms with Crippen molar-refractivity contribution in [2.45, 2.75) is 18.9 Å². The molecular weight excluding hydrogens is 286 g/mol. The lowest BCUT2D eigenvalue weighted by molar-refractivity contribution is -0.139. The van der Waals surface area contributed by atoms with Crippen LogP contribution in [0.1, 0.15) is 12.1 Å². The van der Waals surface area contributed by atoms with E-state index in [1.807, 2.05) is 11.6 Å². The number of urea groups is 1. The largest absolute Gasteiger partial charge is 0.480 e. The molecule has 0 unspecified atom stereocenters. The van der Waals surface area contributed by atoms with Crippen molar-refractivity contribution < 1.29 is 14.7 Å². The maximum absolute atomic E-state index is 11.5. The van der Waals surface area contributed by atoms with Crippen LogP contribution < -0.4 is 10.6 Å². The van der Waals surface area contributed by atoms with E-state index in [0.29, 0.717) is 25.1 Å². The molecule has 106 valence electrons. The van der Waals surface area contributed by atoms with Gasteiger partial charge in [0.25, 0.3) is 0 Å². The number of rotatable bonds is 8. The molecule has 0 saturated heterocycles. The number of thiazole rings is 1. The topological polar surface area (TPSA) is 91.3 Å². The van der Waals surface area contributed by atoms with Crippen LogP contribution in [0.3, 0.4) is 0 Å². The molecule has 1 aromatic rings. The summed E-state index contributed by atoms with van der Waals surface area (Å²) in [5, 5.41) is 16.0. The summed E-state index contributed by atoms with van der Waals surface area (Å²) < 4.78 is 0. The zero-order chi connectivity index (χ0) is 14.1. The van der Waals surface area contributed by atoms with Gasteiger partial charge in [-0.1, -0.05) is 0 Å². The predicted molar refractivity (Wildman–Crippen MR) is 76.8 cm³/mol. The normalized spacial score (nSPS) is 11.8. The molecule has 1 aromatic heterocycles. The number of carbonyl (C=O) groups excluding carboxylic acids is 1. The first-order chi connectivity index (χ1) is 9.13. The monoisotopic (exact) mass is 303 g/mol. The molecule has 8 heteroatoms. The van der Waals surface area contributed by atoms with Gasteiger partial charge in [-0.3, -0.25) is 0 Å². The second-order valence-corrected chi connectivity index (χ2v) is 5.51. The SMILES string of the molecule is CSCC[C@H](NC(=O)NCCc1cscn1)C(=O)O. The minimum Gasteiger partial charge on any atom is -0.480 e. The van der Waals surface area contributed by atoms with E-state index >= 15 is 0 Å². The molecule has 1 heterocycles. The number of thioether (sulfide) groups is 1. The van der Waals surface area contributed by atoms with E-state index < -0.39 is 18.0 Å². The van der Waals surface area contributed by atoms with Crippen molar-refractivity contribution in [1.29, 1.82) is 0 Å². The number of nitrogens with zero attached hydrogens (tertiary/aromatic N) is 1. The number of carbonyl (C=O) groups is 2. The lowest BCUT2D eigenvalue weighted by Gasteiger charge is -2.14. The van der Waals surface area contributed by atoms with E-state index in [-0.39, 0.29) is 0 Å². The van der Waals surface area contributed by atoms with Gasteiger partial charge in [0.05, 0.1) is 11.2 Å². The van der Waals surface area contributed by atoms with Crippen molar-refractivity contribution in [3.05, 3.63) is 16.6 Å². The van der Waals surface area contributed by atoms with E-state index in [9.17, 15) is 9.59 Å². The van der Waals surface area contributed by atoms with Crippen LogP contribution in [0.15, 0.2) is 10.9 Å².